The van der Waals surface area contributed by atoms with Gasteiger partial charge in [-0.1, -0.05) is 31.7 Å². The summed E-state index contributed by atoms with van der Waals surface area (Å²) in [6.07, 6.45) is 1.90. The zero-order chi connectivity index (χ0) is 11.5. The molecule has 16 heavy (non-hydrogen) atoms. The maximum Gasteiger partial charge on any atom is 0.196 e. The number of rotatable bonds is 4. The molecule has 0 aromatic carbocycles. The van der Waals surface area contributed by atoms with Gasteiger partial charge in [0.1, 0.15) is 5.78 Å². The molecule has 0 saturated heterocycles. The molecule has 0 aliphatic carbocycles. The Bertz CT molecular complexity index is 507. The van der Waals surface area contributed by atoms with Gasteiger partial charge in [-0.05, 0) is 12.1 Å². The summed E-state index contributed by atoms with van der Waals surface area (Å²) in [4.78, 5) is 11.5. The molecule has 0 unspecified atom stereocenters. The lowest BCUT2D eigenvalue weighted by Crippen LogP contribution is -2.09. The van der Waals surface area contributed by atoms with Crippen LogP contribution in [0.25, 0.3) is 5.65 Å². The molecule has 0 bridgehead atoms. The van der Waals surface area contributed by atoms with Gasteiger partial charge in [-0.25, -0.2) is 0 Å². The van der Waals surface area contributed by atoms with Gasteiger partial charge >= 0.3 is 0 Å². The van der Waals surface area contributed by atoms with Gasteiger partial charge in [0.25, 0.3) is 0 Å². The standard InChI is InChI=1S/C11H13N3OS/c1-8(2)9(15)7-16-11-13-12-10-5-3-4-6-14(10)11/h3-6,8H,7H2,1-2H3. The molecule has 0 atom stereocenters. The molecule has 0 N–H and O–H groups in total. The van der Waals surface area contributed by atoms with Gasteiger partial charge < -0.3 is 0 Å². The third kappa shape index (κ3) is 2.24. The maximum absolute atomic E-state index is 11.5. The summed E-state index contributed by atoms with van der Waals surface area (Å²) in [6.45, 7) is 3.82. The van der Waals surface area contributed by atoms with E-state index in [9.17, 15) is 4.79 Å². The highest BCUT2D eigenvalue weighted by Gasteiger charge is 2.11. The minimum absolute atomic E-state index is 0.0756. The van der Waals surface area contributed by atoms with Crippen molar-refractivity contribution in [3.63, 3.8) is 0 Å². The van der Waals surface area contributed by atoms with Crippen molar-refractivity contribution < 1.29 is 4.79 Å². The molecule has 2 rings (SSSR count). The first-order chi connectivity index (χ1) is 7.68. The number of aromatic nitrogens is 3. The van der Waals surface area contributed by atoms with Crippen LogP contribution in [0.5, 0.6) is 0 Å². The molecule has 2 aromatic heterocycles. The van der Waals surface area contributed by atoms with Crippen LogP contribution in [0.2, 0.25) is 0 Å². The van der Waals surface area contributed by atoms with Crippen LogP contribution in [0, 0.1) is 5.92 Å². The van der Waals surface area contributed by atoms with Crippen LogP contribution in [0.1, 0.15) is 13.8 Å². The van der Waals surface area contributed by atoms with E-state index in [0.29, 0.717) is 5.75 Å². The van der Waals surface area contributed by atoms with Crippen molar-refractivity contribution in [2.45, 2.75) is 19.0 Å². The van der Waals surface area contributed by atoms with Crippen LogP contribution in [0.15, 0.2) is 29.6 Å². The highest BCUT2D eigenvalue weighted by atomic mass is 32.2. The molecule has 0 saturated carbocycles. The third-order valence-electron chi connectivity index (χ3n) is 2.27. The zero-order valence-corrected chi connectivity index (χ0v) is 10.1. The van der Waals surface area contributed by atoms with Gasteiger partial charge in [0, 0.05) is 12.1 Å². The molecule has 2 heterocycles. The topological polar surface area (TPSA) is 47.3 Å². The maximum atomic E-state index is 11.5. The molecule has 4 nitrogen and oxygen atoms in total. The summed E-state index contributed by atoms with van der Waals surface area (Å²) in [5, 5.41) is 8.84. The van der Waals surface area contributed by atoms with E-state index in [1.54, 1.807) is 0 Å². The minimum Gasteiger partial charge on any atom is -0.298 e. The summed E-state index contributed by atoms with van der Waals surface area (Å²) in [6, 6.07) is 5.73. The molecule has 5 heteroatoms. The smallest absolute Gasteiger partial charge is 0.196 e. The Balaban J connectivity index is 2.13. The Morgan fingerprint density at radius 1 is 1.44 bits per heavy atom. The molecule has 0 fully saturated rings. The van der Waals surface area contributed by atoms with Gasteiger partial charge in [-0.2, -0.15) is 0 Å². The predicted molar refractivity (Wildman–Crippen MR) is 63.6 cm³/mol. The van der Waals surface area contributed by atoms with E-state index in [4.69, 9.17) is 0 Å². The van der Waals surface area contributed by atoms with Crippen LogP contribution in [0.3, 0.4) is 0 Å². The monoisotopic (exact) mass is 235 g/mol. The zero-order valence-electron chi connectivity index (χ0n) is 9.25. The van der Waals surface area contributed by atoms with Crippen LogP contribution in [0.4, 0.5) is 0 Å². The quantitative estimate of drug-likeness (QED) is 0.761. The van der Waals surface area contributed by atoms with Gasteiger partial charge in [0.15, 0.2) is 10.8 Å². The number of ketones is 1. The third-order valence-corrected chi connectivity index (χ3v) is 3.24. The largest absolute Gasteiger partial charge is 0.298 e. The summed E-state index contributed by atoms with van der Waals surface area (Å²) in [7, 11) is 0. The predicted octanol–water partition coefficient (Wildman–Crippen LogP) is 2.05. The van der Waals surface area contributed by atoms with Crippen molar-refractivity contribution in [3.8, 4) is 0 Å². The second kappa shape index (κ2) is 4.65. The van der Waals surface area contributed by atoms with Crippen molar-refractivity contribution >= 4 is 23.2 Å². The molecule has 2 aromatic rings. The normalized spacial score (nSPS) is 11.2. The van der Waals surface area contributed by atoms with Crippen molar-refractivity contribution in [2.75, 3.05) is 5.75 Å². The van der Waals surface area contributed by atoms with E-state index in [1.807, 2.05) is 42.6 Å². The van der Waals surface area contributed by atoms with E-state index in [0.717, 1.165) is 10.8 Å². The summed E-state index contributed by atoms with van der Waals surface area (Å²) < 4.78 is 1.89. The van der Waals surface area contributed by atoms with Crippen LogP contribution in [-0.4, -0.2) is 26.1 Å². The second-order valence-corrected chi connectivity index (χ2v) is 4.76. The fraction of sp³-hybridized carbons (Fsp3) is 0.364. The Kier molecular flexibility index (Phi) is 3.24. The van der Waals surface area contributed by atoms with Gasteiger partial charge in [-0.3, -0.25) is 9.20 Å². The van der Waals surface area contributed by atoms with E-state index in [-0.39, 0.29) is 11.7 Å². The van der Waals surface area contributed by atoms with E-state index in [1.165, 1.54) is 11.8 Å². The number of nitrogens with zero attached hydrogens (tertiary/aromatic N) is 3. The number of fused-ring (bicyclic) bond motifs is 1. The van der Waals surface area contributed by atoms with Crippen molar-refractivity contribution in [2.24, 2.45) is 5.92 Å². The molecule has 0 aliphatic rings. The second-order valence-electron chi connectivity index (χ2n) is 3.82. The van der Waals surface area contributed by atoms with Crippen molar-refractivity contribution in [3.05, 3.63) is 24.4 Å². The highest BCUT2D eigenvalue weighted by molar-refractivity contribution is 7.99. The molecule has 0 radical (unpaired) electrons. The van der Waals surface area contributed by atoms with Crippen molar-refractivity contribution in [1.82, 2.24) is 14.6 Å². The minimum atomic E-state index is 0.0756. The summed E-state index contributed by atoms with van der Waals surface area (Å²) >= 11 is 1.43. The summed E-state index contributed by atoms with van der Waals surface area (Å²) in [5.41, 5.74) is 0.807. The number of hydrogen-bond acceptors (Lipinski definition) is 4. The molecular formula is C11H13N3OS. The fourth-order valence-electron chi connectivity index (χ4n) is 1.22. The van der Waals surface area contributed by atoms with Crippen LogP contribution >= 0.6 is 11.8 Å². The van der Waals surface area contributed by atoms with E-state index >= 15 is 0 Å². The van der Waals surface area contributed by atoms with Crippen LogP contribution < -0.4 is 0 Å². The molecule has 0 amide bonds. The Labute approximate surface area is 98.1 Å². The fourth-order valence-corrected chi connectivity index (χ4v) is 2.22. The van der Waals surface area contributed by atoms with E-state index < -0.39 is 0 Å². The van der Waals surface area contributed by atoms with Crippen LogP contribution in [-0.2, 0) is 4.79 Å². The number of thioether (sulfide) groups is 1. The lowest BCUT2D eigenvalue weighted by molar-refractivity contribution is -0.119. The Morgan fingerprint density at radius 3 is 3.00 bits per heavy atom. The average molecular weight is 235 g/mol. The average Bonchev–Trinajstić information content (AvgIpc) is 2.69. The number of pyridine rings is 1. The highest BCUT2D eigenvalue weighted by Crippen LogP contribution is 2.17. The first-order valence-corrected chi connectivity index (χ1v) is 6.12. The molecule has 0 aliphatic heterocycles. The SMILES string of the molecule is CC(C)C(=O)CSc1nnc2ccccn12. The molecular weight excluding hydrogens is 222 g/mol. The molecule has 84 valence electrons. The number of carbonyl (C=O) groups is 1. The van der Waals surface area contributed by atoms with Gasteiger partial charge in [0.05, 0.1) is 5.75 Å². The lowest BCUT2D eigenvalue weighted by atomic mass is 10.1. The first kappa shape index (κ1) is 11.1. The van der Waals surface area contributed by atoms with Gasteiger partial charge in [0.2, 0.25) is 0 Å². The first-order valence-electron chi connectivity index (χ1n) is 5.14. The Hall–Kier alpha value is -1.36. The van der Waals surface area contributed by atoms with Crippen molar-refractivity contribution in [1.29, 1.82) is 0 Å². The summed E-state index contributed by atoms with van der Waals surface area (Å²) in [5.74, 6) is 0.761. The number of hydrogen-bond donors (Lipinski definition) is 0. The van der Waals surface area contributed by atoms with Gasteiger partial charge in [-0.15, -0.1) is 10.2 Å². The van der Waals surface area contributed by atoms with E-state index in [2.05, 4.69) is 10.2 Å². The number of carbonyl (C=O) groups excluding carboxylic acids is 1. The Morgan fingerprint density at radius 2 is 2.25 bits per heavy atom. The molecule has 0 spiro atoms. The lowest BCUT2D eigenvalue weighted by Gasteiger charge is -2.02. The number of Topliss-reactive ketones (excluding diaryl/α,β-unsaturated/α-hetero) is 1.